The van der Waals surface area contributed by atoms with Gasteiger partial charge in [0.15, 0.2) is 0 Å². The molecule has 14 nitrogen and oxygen atoms in total. The molecule has 252 valence electrons. The van der Waals surface area contributed by atoms with Gasteiger partial charge in [-0.25, -0.2) is 9.59 Å². The van der Waals surface area contributed by atoms with E-state index in [1.165, 1.54) is 0 Å². The second-order valence-electron chi connectivity index (χ2n) is 8.41. The summed E-state index contributed by atoms with van der Waals surface area (Å²) in [4.78, 5) is 22.0. The molecule has 0 spiro atoms. The number of hydrogen-bond acceptors (Lipinski definition) is 14. The van der Waals surface area contributed by atoms with E-state index in [1.54, 1.807) is 6.92 Å². The molecule has 43 heavy (non-hydrogen) atoms. The second-order valence-corrected chi connectivity index (χ2v) is 8.41. The molecule has 0 unspecified atom stereocenters. The maximum absolute atomic E-state index is 11.2. The van der Waals surface area contributed by atoms with Gasteiger partial charge in [-0.1, -0.05) is 13.2 Å². The summed E-state index contributed by atoms with van der Waals surface area (Å²) in [6.45, 7) is 17.8. The Morgan fingerprint density at radius 1 is 0.419 bits per heavy atom. The number of hydrogen-bond donors (Lipinski definition) is 0. The van der Waals surface area contributed by atoms with Gasteiger partial charge in [-0.2, -0.15) is 0 Å². The minimum atomic E-state index is -0.463. The van der Waals surface area contributed by atoms with E-state index in [-0.39, 0.29) is 13.2 Å². The lowest BCUT2D eigenvalue weighted by Crippen LogP contribution is -2.16. The van der Waals surface area contributed by atoms with Gasteiger partial charge in [-0.15, -0.1) is 0 Å². The van der Waals surface area contributed by atoms with Gasteiger partial charge in [0.1, 0.15) is 13.2 Å². The van der Waals surface area contributed by atoms with E-state index in [0.717, 1.165) is 6.08 Å². The molecule has 0 aliphatic carbocycles. The minimum Gasteiger partial charge on any atom is -0.460 e. The van der Waals surface area contributed by atoms with Crippen molar-refractivity contribution in [2.75, 3.05) is 145 Å². The third-order valence-electron chi connectivity index (χ3n) is 4.80. The maximum atomic E-state index is 11.2. The molecule has 0 rings (SSSR count). The van der Waals surface area contributed by atoms with E-state index in [9.17, 15) is 9.59 Å². The zero-order valence-electron chi connectivity index (χ0n) is 25.8. The minimum absolute atomic E-state index is 0.194. The first kappa shape index (κ1) is 41.0. The molecule has 0 amide bonds. The van der Waals surface area contributed by atoms with Gasteiger partial charge in [0.2, 0.25) is 0 Å². The lowest BCUT2D eigenvalue weighted by Gasteiger charge is -2.09. The van der Waals surface area contributed by atoms with E-state index in [0.29, 0.717) is 138 Å². The lowest BCUT2D eigenvalue weighted by atomic mass is 10.4. The third-order valence-corrected chi connectivity index (χ3v) is 4.80. The fourth-order valence-electron chi connectivity index (χ4n) is 2.66. The van der Waals surface area contributed by atoms with Gasteiger partial charge in [0.25, 0.3) is 0 Å². The predicted molar refractivity (Wildman–Crippen MR) is 155 cm³/mol. The molecule has 0 aromatic carbocycles. The third kappa shape index (κ3) is 34.4. The first-order valence-corrected chi connectivity index (χ1v) is 14.5. The molecule has 0 aliphatic heterocycles. The van der Waals surface area contributed by atoms with Crippen LogP contribution in [0.3, 0.4) is 0 Å². The molecule has 0 heterocycles. The first-order chi connectivity index (χ1) is 21.1. The van der Waals surface area contributed by atoms with Crippen LogP contribution in [0, 0.1) is 0 Å². The van der Waals surface area contributed by atoms with Crippen LogP contribution in [0.1, 0.15) is 6.92 Å². The van der Waals surface area contributed by atoms with E-state index in [2.05, 4.69) is 13.2 Å². The molecule has 0 aromatic heterocycles. The van der Waals surface area contributed by atoms with Gasteiger partial charge in [-0.3, -0.25) is 0 Å². The SMILES string of the molecule is C=CC(=O)OCCOCCOCCOCCOCCOCCOCCOCCOCCOCCOCCOC(=O)C(=C)C. The summed E-state index contributed by atoms with van der Waals surface area (Å²) in [6, 6.07) is 0. The average molecular weight is 625 g/mol. The number of carbonyl (C=O) groups excluding carboxylic acids is 2. The molecule has 0 aromatic rings. The van der Waals surface area contributed by atoms with E-state index in [1.807, 2.05) is 0 Å². The maximum Gasteiger partial charge on any atom is 0.333 e. The normalized spacial score (nSPS) is 11.0. The molecule has 14 heteroatoms. The van der Waals surface area contributed by atoms with Crippen molar-refractivity contribution in [3.63, 3.8) is 0 Å². The molecule has 0 atom stereocenters. The summed E-state index contributed by atoms with van der Waals surface area (Å²) in [7, 11) is 0. The van der Waals surface area contributed by atoms with Crippen molar-refractivity contribution >= 4 is 11.9 Å². The first-order valence-electron chi connectivity index (χ1n) is 14.5. The van der Waals surface area contributed by atoms with Crippen LogP contribution in [0.5, 0.6) is 0 Å². The predicted octanol–water partition coefficient (Wildman–Crippen LogP) is 1.00. The van der Waals surface area contributed by atoms with Gasteiger partial charge in [0.05, 0.1) is 132 Å². The van der Waals surface area contributed by atoms with Crippen LogP contribution < -0.4 is 0 Å². The topological polar surface area (TPSA) is 145 Å². The Morgan fingerprint density at radius 2 is 0.628 bits per heavy atom. The highest BCUT2D eigenvalue weighted by atomic mass is 16.6. The van der Waals surface area contributed by atoms with Crippen LogP contribution in [0.25, 0.3) is 0 Å². The van der Waals surface area contributed by atoms with Crippen molar-refractivity contribution in [1.82, 2.24) is 0 Å². The Balaban J connectivity index is 3.08. The number of carbonyl (C=O) groups is 2. The largest absolute Gasteiger partial charge is 0.460 e. The standard InChI is InChI=1S/C29H52O14/c1-4-28(30)42-25-23-40-21-19-38-17-15-36-13-11-34-9-7-32-5-6-33-8-10-35-12-14-37-16-18-39-20-22-41-24-26-43-29(31)27(2)3/h4H,1-2,5-26H2,3H3. The highest BCUT2D eigenvalue weighted by Crippen LogP contribution is 1.92. The van der Waals surface area contributed by atoms with Crippen molar-refractivity contribution < 1.29 is 66.4 Å². The van der Waals surface area contributed by atoms with Crippen molar-refractivity contribution in [1.29, 1.82) is 0 Å². The van der Waals surface area contributed by atoms with Crippen molar-refractivity contribution in [2.45, 2.75) is 6.92 Å². The van der Waals surface area contributed by atoms with E-state index < -0.39 is 11.9 Å². The lowest BCUT2D eigenvalue weighted by molar-refractivity contribution is -0.141. The Bertz CT molecular complexity index is 661. The zero-order chi connectivity index (χ0) is 31.5. The van der Waals surface area contributed by atoms with Crippen molar-refractivity contribution in [2.24, 2.45) is 0 Å². The Labute approximate surface area is 255 Å². The van der Waals surface area contributed by atoms with E-state index >= 15 is 0 Å². The van der Waals surface area contributed by atoms with Crippen molar-refractivity contribution in [3.05, 3.63) is 24.8 Å². The molecular weight excluding hydrogens is 572 g/mol. The van der Waals surface area contributed by atoms with Crippen LogP contribution >= 0.6 is 0 Å². The monoisotopic (exact) mass is 624 g/mol. The smallest absolute Gasteiger partial charge is 0.333 e. The molecule has 0 bridgehead atoms. The molecule has 0 aliphatic rings. The molecule has 0 saturated carbocycles. The highest BCUT2D eigenvalue weighted by molar-refractivity contribution is 5.86. The van der Waals surface area contributed by atoms with Crippen molar-refractivity contribution in [3.8, 4) is 0 Å². The average Bonchev–Trinajstić information content (AvgIpc) is 3.00. The van der Waals surface area contributed by atoms with E-state index in [4.69, 9.17) is 56.8 Å². The molecule has 0 radical (unpaired) electrons. The fraction of sp³-hybridized carbons (Fsp3) is 0.793. The van der Waals surface area contributed by atoms with Crippen LogP contribution in [-0.2, 0) is 66.4 Å². The molecular formula is C29H52O14. The summed E-state index contributed by atoms with van der Waals surface area (Å²) in [5.41, 5.74) is 0.366. The summed E-state index contributed by atoms with van der Waals surface area (Å²) in [5.74, 6) is -0.880. The van der Waals surface area contributed by atoms with Gasteiger partial charge in [-0.05, 0) is 6.92 Å². The quantitative estimate of drug-likeness (QED) is 0.0561. The number of ether oxygens (including phenoxy) is 12. The summed E-state index contributed by atoms with van der Waals surface area (Å²) in [5, 5.41) is 0. The van der Waals surface area contributed by atoms with Crippen LogP contribution in [0.4, 0.5) is 0 Å². The molecule has 0 N–H and O–H groups in total. The Hall–Kier alpha value is -1.98. The van der Waals surface area contributed by atoms with Crippen LogP contribution in [-0.4, -0.2) is 157 Å². The summed E-state index contributed by atoms with van der Waals surface area (Å²) in [6.07, 6.45) is 1.11. The zero-order valence-corrected chi connectivity index (χ0v) is 25.8. The van der Waals surface area contributed by atoms with Crippen LogP contribution in [0.15, 0.2) is 24.8 Å². The summed E-state index contributed by atoms with van der Waals surface area (Å²) < 4.78 is 63.6. The Kier molecular flexibility index (Phi) is 32.9. The van der Waals surface area contributed by atoms with Crippen LogP contribution in [0.2, 0.25) is 0 Å². The second kappa shape index (κ2) is 34.5. The molecule has 0 fully saturated rings. The van der Waals surface area contributed by atoms with Gasteiger partial charge < -0.3 is 56.8 Å². The Morgan fingerprint density at radius 3 is 0.837 bits per heavy atom. The fourth-order valence-corrected chi connectivity index (χ4v) is 2.66. The highest BCUT2D eigenvalue weighted by Gasteiger charge is 2.02. The van der Waals surface area contributed by atoms with Gasteiger partial charge >= 0.3 is 11.9 Å². The summed E-state index contributed by atoms with van der Waals surface area (Å²) >= 11 is 0. The molecule has 0 saturated heterocycles. The number of rotatable bonds is 35. The van der Waals surface area contributed by atoms with Gasteiger partial charge in [0, 0.05) is 11.6 Å². The number of esters is 2.